The summed E-state index contributed by atoms with van der Waals surface area (Å²) >= 11 is 0. The summed E-state index contributed by atoms with van der Waals surface area (Å²) in [5.41, 5.74) is 0.223. The number of hydrogen-bond donors (Lipinski definition) is 1. The monoisotopic (exact) mass is 210 g/mol. The van der Waals surface area contributed by atoms with E-state index in [2.05, 4.69) is 9.68 Å². The van der Waals surface area contributed by atoms with Crippen LogP contribution in [0.1, 0.15) is 16.9 Å². The van der Waals surface area contributed by atoms with Gasteiger partial charge in [0.1, 0.15) is 6.26 Å². The number of nitrogens with zero attached hydrogens (tertiary/aromatic N) is 2. The number of likely N-dealkylation sites (tertiary alicyclic amines) is 1. The summed E-state index contributed by atoms with van der Waals surface area (Å²) in [4.78, 5) is 23.9. The van der Waals surface area contributed by atoms with Gasteiger partial charge in [-0.3, -0.25) is 9.59 Å². The first-order chi connectivity index (χ1) is 7.18. The number of hydrogen-bond acceptors (Lipinski definition) is 4. The zero-order valence-electron chi connectivity index (χ0n) is 7.92. The van der Waals surface area contributed by atoms with Gasteiger partial charge in [0, 0.05) is 19.2 Å². The topological polar surface area (TPSA) is 83.6 Å². The first-order valence-corrected chi connectivity index (χ1v) is 4.61. The molecule has 15 heavy (non-hydrogen) atoms. The Morgan fingerprint density at radius 2 is 2.40 bits per heavy atom. The molecule has 2 heterocycles. The molecular formula is C9H10N2O4. The van der Waals surface area contributed by atoms with E-state index in [1.165, 1.54) is 17.2 Å². The van der Waals surface area contributed by atoms with Gasteiger partial charge in [-0.15, -0.1) is 0 Å². The van der Waals surface area contributed by atoms with E-state index in [0.717, 1.165) is 0 Å². The number of amides is 1. The van der Waals surface area contributed by atoms with Crippen LogP contribution in [-0.4, -0.2) is 40.1 Å². The Kier molecular flexibility index (Phi) is 2.40. The van der Waals surface area contributed by atoms with Crippen molar-refractivity contribution in [3.8, 4) is 0 Å². The fraction of sp³-hybridized carbons (Fsp3) is 0.444. The molecule has 1 aliphatic heterocycles. The van der Waals surface area contributed by atoms with Crippen molar-refractivity contribution in [2.45, 2.75) is 6.42 Å². The summed E-state index contributed by atoms with van der Waals surface area (Å²) in [6, 6.07) is 1.47. The molecule has 0 bridgehead atoms. The van der Waals surface area contributed by atoms with Gasteiger partial charge in [-0.1, -0.05) is 5.16 Å². The van der Waals surface area contributed by atoms with Crippen LogP contribution >= 0.6 is 0 Å². The Balaban J connectivity index is 2.02. The van der Waals surface area contributed by atoms with E-state index in [0.29, 0.717) is 13.0 Å². The highest BCUT2D eigenvalue weighted by Crippen LogP contribution is 2.18. The third-order valence-electron chi connectivity index (χ3n) is 2.48. The number of aromatic nitrogens is 1. The van der Waals surface area contributed by atoms with Crippen molar-refractivity contribution in [2.24, 2.45) is 5.92 Å². The number of carbonyl (C=O) groups is 2. The molecule has 1 unspecified atom stereocenters. The van der Waals surface area contributed by atoms with E-state index in [4.69, 9.17) is 5.11 Å². The molecule has 0 aromatic carbocycles. The van der Waals surface area contributed by atoms with Crippen LogP contribution in [0.4, 0.5) is 0 Å². The Labute approximate surface area is 85.5 Å². The summed E-state index contributed by atoms with van der Waals surface area (Å²) in [6.45, 7) is 0.712. The summed E-state index contributed by atoms with van der Waals surface area (Å²) < 4.78 is 4.56. The molecule has 1 saturated heterocycles. The fourth-order valence-electron chi connectivity index (χ4n) is 1.63. The minimum atomic E-state index is -0.856. The zero-order chi connectivity index (χ0) is 10.8. The second-order valence-corrected chi connectivity index (χ2v) is 3.46. The molecule has 6 heteroatoms. The largest absolute Gasteiger partial charge is 0.481 e. The molecule has 1 N–H and O–H groups in total. The van der Waals surface area contributed by atoms with Crippen LogP contribution in [0.25, 0.3) is 0 Å². The first kappa shape index (κ1) is 9.70. The Hall–Kier alpha value is -1.85. The molecule has 1 aromatic heterocycles. The molecule has 0 spiro atoms. The quantitative estimate of drug-likeness (QED) is 0.754. The summed E-state index contributed by atoms with van der Waals surface area (Å²) in [6.07, 6.45) is 1.82. The molecule has 1 aliphatic rings. The first-order valence-electron chi connectivity index (χ1n) is 4.61. The normalized spacial score (nSPS) is 20.5. The van der Waals surface area contributed by atoms with Gasteiger partial charge in [-0.2, -0.15) is 0 Å². The number of rotatable bonds is 2. The van der Waals surface area contributed by atoms with E-state index in [1.54, 1.807) is 0 Å². The van der Waals surface area contributed by atoms with Crippen molar-refractivity contribution in [1.82, 2.24) is 10.1 Å². The molecule has 1 amide bonds. The van der Waals surface area contributed by atoms with Crippen molar-refractivity contribution >= 4 is 11.9 Å². The van der Waals surface area contributed by atoms with E-state index in [-0.39, 0.29) is 18.1 Å². The number of carboxylic acid groups (broad SMARTS) is 1. The van der Waals surface area contributed by atoms with Gasteiger partial charge in [0.15, 0.2) is 5.69 Å². The molecule has 0 radical (unpaired) electrons. The van der Waals surface area contributed by atoms with Crippen LogP contribution < -0.4 is 0 Å². The highest BCUT2D eigenvalue weighted by atomic mass is 16.5. The number of carbonyl (C=O) groups excluding carboxylic acids is 1. The van der Waals surface area contributed by atoms with Crippen LogP contribution in [0.15, 0.2) is 16.9 Å². The fourth-order valence-corrected chi connectivity index (χ4v) is 1.63. The average molecular weight is 210 g/mol. The third kappa shape index (κ3) is 1.83. The lowest BCUT2D eigenvalue weighted by Gasteiger charge is -2.13. The van der Waals surface area contributed by atoms with Crippen molar-refractivity contribution in [1.29, 1.82) is 0 Å². The molecule has 1 atom stereocenters. The summed E-state index contributed by atoms with van der Waals surface area (Å²) in [5, 5.41) is 12.3. The molecule has 6 nitrogen and oxygen atoms in total. The van der Waals surface area contributed by atoms with E-state index in [9.17, 15) is 9.59 Å². The molecule has 80 valence electrons. The van der Waals surface area contributed by atoms with Gasteiger partial charge in [0.05, 0.1) is 5.92 Å². The van der Waals surface area contributed by atoms with Gasteiger partial charge in [0.25, 0.3) is 5.91 Å². The van der Waals surface area contributed by atoms with Gasteiger partial charge >= 0.3 is 5.97 Å². The Morgan fingerprint density at radius 3 is 2.93 bits per heavy atom. The van der Waals surface area contributed by atoms with Crippen molar-refractivity contribution < 1.29 is 19.2 Å². The van der Waals surface area contributed by atoms with E-state index in [1.807, 2.05) is 0 Å². The maximum absolute atomic E-state index is 11.7. The van der Waals surface area contributed by atoms with E-state index < -0.39 is 11.9 Å². The second kappa shape index (κ2) is 3.72. The van der Waals surface area contributed by atoms with Crippen LogP contribution in [0.5, 0.6) is 0 Å². The predicted octanol–water partition coefficient (Wildman–Crippen LogP) is 0.221. The van der Waals surface area contributed by atoms with E-state index >= 15 is 0 Å². The smallest absolute Gasteiger partial charge is 0.308 e. The van der Waals surface area contributed by atoms with Gasteiger partial charge < -0.3 is 14.5 Å². The predicted molar refractivity (Wildman–Crippen MR) is 48.1 cm³/mol. The SMILES string of the molecule is O=C(O)C1CCN(C(=O)c2ccon2)C1. The minimum absolute atomic E-state index is 0.223. The molecule has 2 rings (SSSR count). The Bertz CT molecular complexity index is 373. The molecule has 1 aromatic rings. The lowest BCUT2D eigenvalue weighted by atomic mass is 10.1. The van der Waals surface area contributed by atoms with Crippen molar-refractivity contribution in [3.05, 3.63) is 18.0 Å². The zero-order valence-corrected chi connectivity index (χ0v) is 7.92. The lowest BCUT2D eigenvalue weighted by Crippen LogP contribution is -2.30. The Morgan fingerprint density at radius 1 is 1.60 bits per heavy atom. The van der Waals surface area contributed by atoms with Crippen molar-refractivity contribution in [3.63, 3.8) is 0 Å². The van der Waals surface area contributed by atoms with Gasteiger partial charge in [-0.05, 0) is 6.42 Å². The second-order valence-electron chi connectivity index (χ2n) is 3.46. The van der Waals surface area contributed by atoms with Gasteiger partial charge in [0.2, 0.25) is 0 Å². The molecule has 1 fully saturated rings. The third-order valence-corrected chi connectivity index (χ3v) is 2.48. The minimum Gasteiger partial charge on any atom is -0.481 e. The highest BCUT2D eigenvalue weighted by Gasteiger charge is 2.31. The maximum Gasteiger partial charge on any atom is 0.308 e. The van der Waals surface area contributed by atoms with Crippen LogP contribution in [0.3, 0.4) is 0 Å². The standard InChI is InChI=1S/C9H10N2O4/c12-8(7-2-4-15-10-7)11-3-1-6(5-11)9(13)14/h2,4,6H,1,3,5H2,(H,13,14). The van der Waals surface area contributed by atoms with Crippen molar-refractivity contribution in [2.75, 3.05) is 13.1 Å². The number of carboxylic acids is 1. The maximum atomic E-state index is 11.7. The molecule has 0 saturated carbocycles. The highest BCUT2D eigenvalue weighted by molar-refractivity contribution is 5.92. The molecular weight excluding hydrogens is 200 g/mol. The molecule has 0 aliphatic carbocycles. The van der Waals surface area contributed by atoms with Crippen LogP contribution in [0.2, 0.25) is 0 Å². The average Bonchev–Trinajstić information content (AvgIpc) is 2.88. The summed E-state index contributed by atoms with van der Waals surface area (Å²) in [5.74, 6) is -1.58. The van der Waals surface area contributed by atoms with Gasteiger partial charge in [-0.25, -0.2) is 0 Å². The van der Waals surface area contributed by atoms with Crippen LogP contribution in [-0.2, 0) is 4.79 Å². The lowest BCUT2D eigenvalue weighted by molar-refractivity contribution is -0.141. The number of aliphatic carboxylic acids is 1. The van der Waals surface area contributed by atoms with Crippen LogP contribution in [0, 0.1) is 5.92 Å². The summed E-state index contributed by atoms with van der Waals surface area (Å²) in [7, 11) is 0.